The predicted molar refractivity (Wildman–Crippen MR) is 54.0 cm³/mol. The quantitative estimate of drug-likeness (QED) is 0.629. The molecule has 2 bridgehead atoms. The molecule has 2 heterocycles. The molecule has 2 aliphatic heterocycles. The largest absolute Gasteiger partial charge is 0.461 e. The molecule has 0 aliphatic carbocycles. The normalized spacial score (nSPS) is 37.1. The predicted octanol–water partition coefficient (Wildman–Crippen LogP) is 1.56. The number of carbonyl (C=O) groups is 1. The van der Waals surface area contributed by atoms with Gasteiger partial charge in [0.15, 0.2) is 0 Å². The van der Waals surface area contributed by atoms with Crippen LogP contribution in [0.15, 0.2) is 0 Å². The maximum Gasteiger partial charge on any atom is 0.302 e. The zero-order valence-electron chi connectivity index (χ0n) is 9.03. The van der Waals surface area contributed by atoms with E-state index in [2.05, 4.69) is 11.8 Å². The van der Waals surface area contributed by atoms with Gasteiger partial charge in [-0.25, -0.2) is 0 Å². The first-order chi connectivity index (χ1) is 6.72. The Morgan fingerprint density at radius 1 is 1.50 bits per heavy atom. The van der Waals surface area contributed by atoms with Crippen LogP contribution in [0.25, 0.3) is 0 Å². The van der Waals surface area contributed by atoms with Gasteiger partial charge in [0, 0.05) is 25.4 Å². The number of carbonyl (C=O) groups excluding carboxylic acids is 1. The Morgan fingerprint density at radius 2 is 2.29 bits per heavy atom. The summed E-state index contributed by atoms with van der Waals surface area (Å²) < 4.78 is 5.38. The summed E-state index contributed by atoms with van der Waals surface area (Å²) in [6.45, 7) is 4.80. The van der Waals surface area contributed by atoms with Crippen molar-refractivity contribution in [2.75, 3.05) is 6.54 Å². The molecule has 0 N–H and O–H groups in total. The fourth-order valence-electron chi connectivity index (χ4n) is 3.08. The number of hydrogen-bond donors (Lipinski definition) is 0. The zero-order chi connectivity index (χ0) is 10.1. The Morgan fingerprint density at radius 3 is 2.86 bits per heavy atom. The summed E-state index contributed by atoms with van der Waals surface area (Å²) in [5.41, 5.74) is 0. The minimum Gasteiger partial charge on any atom is -0.461 e. The number of piperidine rings is 1. The van der Waals surface area contributed by atoms with Crippen LogP contribution in [-0.2, 0) is 9.53 Å². The van der Waals surface area contributed by atoms with Gasteiger partial charge >= 0.3 is 5.97 Å². The summed E-state index contributed by atoms with van der Waals surface area (Å²) in [7, 11) is 0. The molecule has 0 saturated carbocycles. The molecule has 3 heteroatoms. The van der Waals surface area contributed by atoms with Gasteiger partial charge in [-0.05, 0) is 19.4 Å². The topological polar surface area (TPSA) is 29.5 Å². The Balaban J connectivity index is 2.04. The van der Waals surface area contributed by atoms with Crippen molar-refractivity contribution >= 4 is 5.97 Å². The molecule has 0 aromatic rings. The van der Waals surface area contributed by atoms with Crippen LogP contribution in [0.2, 0.25) is 0 Å². The molecule has 0 aromatic carbocycles. The van der Waals surface area contributed by atoms with Crippen LogP contribution in [0, 0.1) is 0 Å². The molecule has 0 spiro atoms. The number of likely N-dealkylation sites (N-methyl/N-ethyl adjacent to an activating group) is 1. The number of rotatable bonds is 2. The molecule has 2 fully saturated rings. The van der Waals surface area contributed by atoms with Crippen LogP contribution < -0.4 is 0 Å². The lowest BCUT2D eigenvalue weighted by atomic mass is 10.0. The molecule has 2 aliphatic rings. The van der Waals surface area contributed by atoms with Crippen LogP contribution in [-0.4, -0.2) is 35.6 Å². The van der Waals surface area contributed by atoms with Gasteiger partial charge in [0.2, 0.25) is 0 Å². The minimum atomic E-state index is -0.126. The molecule has 14 heavy (non-hydrogen) atoms. The number of hydrogen-bond acceptors (Lipinski definition) is 3. The summed E-state index contributed by atoms with van der Waals surface area (Å²) >= 11 is 0. The van der Waals surface area contributed by atoms with Gasteiger partial charge in [-0.15, -0.1) is 0 Å². The average molecular weight is 197 g/mol. The van der Waals surface area contributed by atoms with E-state index in [1.54, 1.807) is 0 Å². The maximum absolute atomic E-state index is 10.9. The highest BCUT2D eigenvalue weighted by atomic mass is 16.5. The van der Waals surface area contributed by atoms with E-state index in [-0.39, 0.29) is 12.1 Å². The van der Waals surface area contributed by atoms with Gasteiger partial charge in [0.25, 0.3) is 0 Å². The molecule has 0 amide bonds. The third kappa shape index (κ3) is 1.65. The van der Waals surface area contributed by atoms with Crippen molar-refractivity contribution in [2.45, 2.75) is 57.7 Å². The third-order valence-electron chi connectivity index (χ3n) is 3.55. The summed E-state index contributed by atoms with van der Waals surface area (Å²) in [5, 5.41) is 0. The van der Waals surface area contributed by atoms with Gasteiger partial charge in [-0.3, -0.25) is 9.69 Å². The van der Waals surface area contributed by atoms with Crippen molar-refractivity contribution in [1.29, 1.82) is 0 Å². The standard InChI is InChI=1S/C11H19NO2/c1-3-12-9-5-4-6-10(12)11(7-9)14-8(2)13/h9-11H,3-7H2,1-2H3/t9-,10-,11-/m0/s1. The fourth-order valence-corrected chi connectivity index (χ4v) is 3.08. The molecule has 0 radical (unpaired) electrons. The second-order valence-electron chi connectivity index (χ2n) is 4.37. The Labute approximate surface area is 85.4 Å². The van der Waals surface area contributed by atoms with Crippen molar-refractivity contribution < 1.29 is 9.53 Å². The van der Waals surface area contributed by atoms with Gasteiger partial charge in [0.05, 0.1) is 0 Å². The lowest BCUT2D eigenvalue weighted by molar-refractivity contribution is -0.147. The molecular formula is C11H19NO2. The van der Waals surface area contributed by atoms with E-state index in [0.717, 1.165) is 13.0 Å². The van der Waals surface area contributed by atoms with E-state index in [4.69, 9.17) is 4.74 Å². The van der Waals surface area contributed by atoms with Gasteiger partial charge in [0.1, 0.15) is 6.10 Å². The van der Waals surface area contributed by atoms with Gasteiger partial charge in [-0.2, -0.15) is 0 Å². The molecular weight excluding hydrogens is 178 g/mol. The third-order valence-corrected chi connectivity index (χ3v) is 3.55. The molecule has 80 valence electrons. The fraction of sp³-hybridized carbons (Fsp3) is 0.909. The van der Waals surface area contributed by atoms with Crippen LogP contribution in [0.1, 0.15) is 39.5 Å². The van der Waals surface area contributed by atoms with Crippen LogP contribution in [0.4, 0.5) is 0 Å². The van der Waals surface area contributed by atoms with Crippen molar-refractivity contribution in [3.05, 3.63) is 0 Å². The van der Waals surface area contributed by atoms with Crippen LogP contribution >= 0.6 is 0 Å². The van der Waals surface area contributed by atoms with Crippen LogP contribution in [0.3, 0.4) is 0 Å². The first-order valence-corrected chi connectivity index (χ1v) is 5.65. The number of fused-ring (bicyclic) bond motifs is 2. The summed E-state index contributed by atoms with van der Waals surface area (Å²) in [6.07, 6.45) is 4.99. The summed E-state index contributed by atoms with van der Waals surface area (Å²) in [4.78, 5) is 13.5. The highest BCUT2D eigenvalue weighted by molar-refractivity contribution is 5.66. The smallest absolute Gasteiger partial charge is 0.302 e. The van der Waals surface area contributed by atoms with E-state index in [1.165, 1.54) is 26.2 Å². The van der Waals surface area contributed by atoms with Crippen LogP contribution in [0.5, 0.6) is 0 Å². The molecule has 3 atom stereocenters. The number of nitrogens with zero attached hydrogens (tertiary/aromatic N) is 1. The number of ether oxygens (including phenoxy) is 1. The summed E-state index contributed by atoms with van der Waals surface area (Å²) in [5.74, 6) is -0.126. The zero-order valence-corrected chi connectivity index (χ0v) is 9.03. The maximum atomic E-state index is 10.9. The van der Waals surface area contributed by atoms with Crippen molar-refractivity contribution in [3.63, 3.8) is 0 Å². The summed E-state index contributed by atoms with van der Waals surface area (Å²) in [6, 6.07) is 1.17. The molecule has 0 aromatic heterocycles. The lowest BCUT2D eigenvalue weighted by Gasteiger charge is -2.34. The first kappa shape index (κ1) is 9.97. The molecule has 2 rings (SSSR count). The monoisotopic (exact) mass is 197 g/mol. The van der Waals surface area contributed by atoms with E-state index >= 15 is 0 Å². The van der Waals surface area contributed by atoms with Gasteiger partial charge < -0.3 is 4.74 Å². The van der Waals surface area contributed by atoms with E-state index in [0.29, 0.717) is 12.1 Å². The highest BCUT2D eigenvalue weighted by Crippen LogP contribution is 2.36. The van der Waals surface area contributed by atoms with Gasteiger partial charge in [-0.1, -0.05) is 13.3 Å². The Hall–Kier alpha value is -0.570. The average Bonchev–Trinajstić information content (AvgIpc) is 2.31. The molecule has 3 nitrogen and oxygen atoms in total. The second kappa shape index (κ2) is 3.89. The first-order valence-electron chi connectivity index (χ1n) is 5.65. The van der Waals surface area contributed by atoms with E-state index in [9.17, 15) is 4.79 Å². The SMILES string of the molecule is CCN1[C@H]2CCC[C@H]1[C@@H](OC(C)=O)C2. The Bertz CT molecular complexity index is 229. The number of esters is 1. The van der Waals surface area contributed by atoms with E-state index < -0.39 is 0 Å². The van der Waals surface area contributed by atoms with Crippen molar-refractivity contribution in [1.82, 2.24) is 4.90 Å². The molecule has 2 saturated heterocycles. The molecule has 0 unspecified atom stereocenters. The second-order valence-corrected chi connectivity index (χ2v) is 4.37. The minimum absolute atomic E-state index is 0.126. The lowest BCUT2D eigenvalue weighted by Crippen LogP contribution is -2.42. The van der Waals surface area contributed by atoms with E-state index in [1.807, 2.05) is 0 Å². The highest BCUT2D eigenvalue weighted by Gasteiger charge is 2.44. The van der Waals surface area contributed by atoms with Crippen molar-refractivity contribution in [3.8, 4) is 0 Å². The Kier molecular flexibility index (Phi) is 2.77. The van der Waals surface area contributed by atoms with Crippen molar-refractivity contribution in [2.24, 2.45) is 0 Å².